The zero-order valence-corrected chi connectivity index (χ0v) is 17.8. The summed E-state index contributed by atoms with van der Waals surface area (Å²) in [4.78, 5) is 16.1. The SMILES string of the molecule is CCCNC(=O)CCN=C(NCC)NCCc1ccc(OCC)c(OCC)c1. The van der Waals surface area contributed by atoms with Crippen molar-refractivity contribution in [1.29, 1.82) is 0 Å². The zero-order chi connectivity index (χ0) is 20.6. The van der Waals surface area contributed by atoms with Crippen LogP contribution in [-0.4, -0.2) is 51.3 Å². The Hall–Kier alpha value is -2.44. The summed E-state index contributed by atoms with van der Waals surface area (Å²) >= 11 is 0. The maximum Gasteiger partial charge on any atom is 0.221 e. The molecule has 3 N–H and O–H groups in total. The number of guanidine groups is 1. The highest BCUT2D eigenvalue weighted by Crippen LogP contribution is 2.28. The number of amides is 1. The molecular weight excluding hydrogens is 356 g/mol. The van der Waals surface area contributed by atoms with E-state index in [0.29, 0.717) is 32.7 Å². The van der Waals surface area contributed by atoms with Crippen molar-refractivity contribution in [2.24, 2.45) is 4.99 Å². The number of hydrogen-bond donors (Lipinski definition) is 3. The molecule has 0 fully saturated rings. The fraction of sp³-hybridized carbons (Fsp3) is 0.619. The van der Waals surface area contributed by atoms with Crippen molar-refractivity contribution >= 4 is 11.9 Å². The summed E-state index contributed by atoms with van der Waals surface area (Å²) in [6.45, 7) is 11.9. The highest BCUT2D eigenvalue weighted by atomic mass is 16.5. The molecule has 158 valence electrons. The second-order valence-corrected chi connectivity index (χ2v) is 6.18. The average Bonchev–Trinajstić information content (AvgIpc) is 2.68. The van der Waals surface area contributed by atoms with Crippen LogP contribution in [0.2, 0.25) is 0 Å². The molecule has 0 heterocycles. The summed E-state index contributed by atoms with van der Waals surface area (Å²) in [5.41, 5.74) is 1.16. The van der Waals surface area contributed by atoms with Crippen LogP contribution in [0, 0.1) is 0 Å². The van der Waals surface area contributed by atoms with Crippen molar-refractivity contribution in [3.8, 4) is 11.5 Å². The van der Waals surface area contributed by atoms with E-state index in [-0.39, 0.29) is 5.91 Å². The number of nitrogens with one attached hydrogen (secondary N) is 3. The fourth-order valence-corrected chi connectivity index (χ4v) is 2.54. The van der Waals surface area contributed by atoms with Crippen molar-refractivity contribution in [3.05, 3.63) is 23.8 Å². The van der Waals surface area contributed by atoms with E-state index in [4.69, 9.17) is 9.47 Å². The Labute approximate surface area is 169 Å². The first kappa shape index (κ1) is 23.6. The van der Waals surface area contributed by atoms with Gasteiger partial charge in [0.1, 0.15) is 0 Å². The quantitative estimate of drug-likeness (QED) is 0.355. The maximum absolute atomic E-state index is 11.7. The van der Waals surface area contributed by atoms with Crippen molar-refractivity contribution in [2.75, 3.05) is 39.4 Å². The predicted molar refractivity (Wildman–Crippen MR) is 114 cm³/mol. The third-order valence-corrected chi connectivity index (χ3v) is 3.84. The lowest BCUT2D eigenvalue weighted by Crippen LogP contribution is -2.38. The summed E-state index contributed by atoms with van der Waals surface area (Å²) in [6, 6.07) is 6.04. The Balaban J connectivity index is 2.53. The van der Waals surface area contributed by atoms with Gasteiger partial charge in [0.2, 0.25) is 5.91 Å². The second-order valence-electron chi connectivity index (χ2n) is 6.18. The number of benzene rings is 1. The minimum atomic E-state index is 0.0410. The van der Waals surface area contributed by atoms with Crippen LogP contribution in [-0.2, 0) is 11.2 Å². The lowest BCUT2D eigenvalue weighted by molar-refractivity contribution is -0.120. The number of carbonyl (C=O) groups excluding carboxylic acids is 1. The van der Waals surface area contributed by atoms with Gasteiger partial charge >= 0.3 is 0 Å². The number of carbonyl (C=O) groups is 1. The minimum absolute atomic E-state index is 0.0410. The summed E-state index contributed by atoms with van der Waals surface area (Å²) in [7, 11) is 0. The molecule has 1 aromatic carbocycles. The van der Waals surface area contributed by atoms with Gasteiger partial charge in [-0.25, -0.2) is 0 Å². The Kier molecular flexibility index (Phi) is 12.3. The molecule has 7 nitrogen and oxygen atoms in total. The van der Waals surface area contributed by atoms with Crippen LogP contribution in [0.15, 0.2) is 23.2 Å². The molecule has 0 atom stereocenters. The van der Waals surface area contributed by atoms with E-state index < -0.39 is 0 Å². The standard InChI is InChI=1S/C21H36N4O3/c1-5-13-23-20(26)12-15-25-21(22-6-2)24-14-11-17-9-10-18(27-7-3)19(16-17)28-8-4/h9-10,16H,5-8,11-15H2,1-4H3,(H,23,26)(H2,22,24,25). The van der Waals surface area contributed by atoms with Crippen molar-refractivity contribution in [1.82, 2.24) is 16.0 Å². The van der Waals surface area contributed by atoms with E-state index in [1.54, 1.807) is 0 Å². The van der Waals surface area contributed by atoms with Crippen LogP contribution in [0.5, 0.6) is 11.5 Å². The third-order valence-electron chi connectivity index (χ3n) is 3.84. The van der Waals surface area contributed by atoms with Gasteiger partial charge in [-0.1, -0.05) is 13.0 Å². The highest BCUT2D eigenvalue weighted by molar-refractivity contribution is 5.80. The first-order valence-corrected chi connectivity index (χ1v) is 10.3. The molecule has 7 heteroatoms. The Morgan fingerprint density at radius 3 is 2.39 bits per heavy atom. The van der Waals surface area contributed by atoms with Gasteiger partial charge in [-0.15, -0.1) is 0 Å². The summed E-state index contributed by atoms with van der Waals surface area (Å²) in [5.74, 6) is 2.32. The van der Waals surface area contributed by atoms with Crippen molar-refractivity contribution < 1.29 is 14.3 Å². The van der Waals surface area contributed by atoms with Crippen molar-refractivity contribution in [2.45, 2.75) is 47.0 Å². The molecule has 1 amide bonds. The van der Waals surface area contributed by atoms with Crippen LogP contribution in [0.25, 0.3) is 0 Å². The predicted octanol–water partition coefficient (Wildman–Crippen LogP) is 2.50. The minimum Gasteiger partial charge on any atom is -0.490 e. The van der Waals surface area contributed by atoms with Crippen LogP contribution >= 0.6 is 0 Å². The number of rotatable bonds is 13. The maximum atomic E-state index is 11.7. The Morgan fingerprint density at radius 1 is 0.964 bits per heavy atom. The molecule has 0 aliphatic heterocycles. The topological polar surface area (TPSA) is 84.0 Å². The van der Waals surface area contributed by atoms with Gasteiger partial charge in [-0.05, 0) is 51.3 Å². The molecule has 0 aliphatic carbocycles. The Morgan fingerprint density at radius 2 is 1.71 bits per heavy atom. The second kappa shape index (κ2) is 14.6. The van der Waals surface area contributed by atoms with Gasteiger partial charge in [0, 0.05) is 26.1 Å². The molecule has 28 heavy (non-hydrogen) atoms. The molecular formula is C21H36N4O3. The molecule has 0 bridgehead atoms. The Bertz CT molecular complexity index is 605. The number of hydrogen-bond acceptors (Lipinski definition) is 4. The van der Waals surface area contributed by atoms with E-state index in [1.165, 1.54) is 0 Å². The van der Waals surface area contributed by atoms with Gasteiger partial charge in [0.25, 0.3) is 0 Å². The van der Waals surface area contributed by atoms with E-state index >= 15 is 0 Å². The first-order valence-electron chi connectivity index (χ1n) is 10.3. The molecule has 1 rings (SSSR count). The molecule has 0 saturated carbocycles. The van der Waals surface area contributed by atoms with Gasteiger partial charge in [-0.2, -0.15) is 0 Å². The normalized spacial score (nSPS) is 11.1. The molecule has 0 radical (unpaired) electrons. The first-order chi connectivity index (χ1) is 13.6. The molecule has 0 aromatic heterocycles. The lowest BCUT2D eigenvalue weighted by atomic mass is 10.1. The van der Waals surface area contributed by atoms with Gasteiger partial charge in [-0.3, -0.25) is 9.79 Å². The van der Waals surface area contributed by atoms with Crippen LogP contribution in [0.3, 0.4) is 0 Å². The van der Waals surface area contributed by atoms with Crippen LogP contribution in [0.1, 0.15) is 46.1 Å². The molecule has 1 aromatic rings. The molecule has 0 spiro atoms. The van der Waals surface area contributed by atoms with E-state index in [2.05, 4.69) is 27.0 Å². The largest absolute Gasteiger partial charge is 0.490 e. The fourth-order valence-electron chi connectivity index (χ4n) is 2.54. The molecule has 0 unspecified atom stereocenters. The molecule has 0 aliphatic rings. The van der Waals surface area contributed by atoms with Gasteiger partial charge in [0.05, 0.1) is 19.8 Å². The highest BCUT2D eigenvalue weighted by Gasteiger charge is 2.07. The third kappa shape index (κ3) is 9.48. The summed E-state index contributed by atoms with van der Waals surface area (Å²) in [6.07, 6.45) is 2.16. The number of nitrogens with zero attached hydrogens (tertiary/aromatic N) is 1. The van der Waals surface area contributed by atoms with Crippen LogP contribution in [0.4, 0.5) is 0 Å². The number of ether oxygens (including phenoxy) is 2. The van der Waals surface area contributed by atoms with E-state index in [0.717, 1.165) is 49.0 Å². The molecule has 0 saturated heterocycles. The van der Waals surface area contributed by atoms with E-state index in [9.17, 15) is 4.79 Å². The van der Waals surface area contributed by atoms with Crippen molar-refractivity contribution in [3.63, 3.8) is 0 Å². The smallest absolute Gasteiger partial charge is 0.221 e. The van der Waals surface area contributed by atoms with Crippen LogP contribution < -0.4 is 25.4 Å². The monoisotopic (exact) mass is 392 g/mol. The zero-order valence-electron chi connectivity index (χ0n) is 17.8. The summed E-state index contributed by atoms with van der Waals surface area (Å²) in [5, 5.41) is 9.38. The average molecular weight is 393 g/mol. The van der Waals surface area contributed by atoms with Gasteiger partial charge in [0.15, 0.2) is 17.5 Å². The lowest BCUT2D eigenvalue weighted by Gasteiger charge is -2.14. The number of aliphatic imine (C=N–C) groups is 1. The van der Waals surface area contributed by atoms with Gasteiger partial charge < -0.3 is 25.4 Å². The van der Waals surface area contributed by atoms with E-state index in [1.807, 2.05) is 39.8 Å². The summed E-state index contributed by atoms with van der Waals surface area (Å²) < 4.78 is 11.3.